The van der Waals surface area contributed by atoms with Crippen molar-refractivity contribution in [2.75, 3.05) is 13.1 Å². The van der Waals surface area contributed by atoms with Gasteiger partial charge in [-0.3, -0.25) is 9.67 Å². The molecule has 1 aliphatic rings. The molecule has 1 atom stereocenters. The Kier molecular flexibility index (Phi) is 5.25. The van der Waals surface area contributed by atoms with Gasteiger partial charge in [-0.2, -0.15) is 5.10 Å². The van der Waals surface area contributed by atoms with Crippen LogP contribution in [-0.2, 0) is 13.1 Å². The third-order valence-electron chi connectivity index (χ3n) is 4.04. The first kappa shape index (κ1) is 16.0. The Bertz CT molecular complexity index is 619. The van der Waals surface area contributed by atoms with Crippen molar-refractivity contribution in [3.8, 4) is 5.75 Å². The molecule has 0 aromatic carbocycles. The zero-order chi connectivity index (χ0) is 16.1. The summed E-state index contributed by atoms with van der Waals surface area (Å²) in [5, 5.41) is 11.2. The van der Waals surface area contributed by atoms with Gasteiger partial charge in [-0.15, -0.1) is 0 Å². The summed E-state index contributed by atoms with van der Waals surface area (Å²) >= 11 is 0. The molecule has 3 heterocycles. The first-order valence-electron chi connectivity index (χ1n) is 8.27. The first-order valence-corrected chi connectivity index (χ1v) is 8.27. The second-order valence-corrected chi connectivity index (χ2v) is 6.18. The van der Waals surface area contributed by atoms with Crippen molar-refractivity contribution in [3.63, 3.8) is 0 Å². The summed E-state index contributed by atoms with van der Waals surface area (Å²) in [4.78, 5) is 4.20. The average molecular weight is 315 g/mol. The van der Waals surface area contributed by atoms with Crippen molar-refractivity contribution >= 4 is 0 Å². The van der Waals surface area contributed by atoms with Crippen LogP contribution in [-0.4, -0.2) is 34.0 Å². The second-order valence-electron chi connectivity index (χ2n) is 6.18. The normalized spacial score (nSPS) is 17.8. The smallest absolute Gasteiger partial charge is 0.142 e. The van der Waals surface area contributed by atoms with Crippen LogP contribution in [0, 0.1) is 0 Å². The molecule has 2 aromatic rings. The van der Waals surface area contributed by atoms with Crippen molar-refractivity contribution in [2.45, 2.75) is 45.5 Å². The zero-order valence-corrected chi connectivity index (χ0v) is 13.8. The molecule has 2 aromatic heterocycles. The van der Waals surface area contributed by atoms with Crippen molar-refractivity contribution in [2.24, 2.45) is 0 Å². The third-order valence-corrected chi connectivity index (χ3v) is 4.04. The highest BCUT2D eigenvalue weighted by Gasteiger charge is 2.17. The summed E-state index contributed by atoms with van der Waals surface area (Å²) < 4.78 is 8.12. The van der Waals surface area contributed by atoms with E-state index in [1.807, 2.05) is 29.3 Å². The van der Waals surface area contributed by atoms with Crippen LogP contribution in [0.3, 0.4) is 0 Å². The molecule has 6 heteroatoms. The molecule has 0 spiro atoms. The van der Waals surface area contributed by atoms with Crippen LogP contribution < -0.4 is 15.4 Å². The average Bonchev–Trinajstić information content (AvgIpc) is 3.20. The van der Waals surface area contributed by atoms with E-state index in [4.69, 9.17) is 4.74 Å². The van der Waals surface area contributed by atoms with Crippen molar-refractivity contribution in [1.82, 2.24) is 25.4 Å². The van der Waals surface area contributed by atoms with Gasteiger partial charge >= 0.3 is 0 Å². The number of nitrogens with one attached hydrogen (secondary N) is 2. The number of pyridine rings is 1. The van der Waals surface area contributed by atoms with Gasteiger partial charge in [0.1, 0.15) is 11.9 Å². The summed E-state index contributed by atoms with van der Waals surface area (Å²) in [6, 6.07) is 4.45. The van der Waals surface area contributed by atoms with E-state index in [1.165, 1.54) is 5.69 Å². The lowest BCUT2D eigenvalue weighted by Crippen LogP contribution is -2.22. The molecule has 0 radical (unpaired) electrons. The maximum atomic E-state index is 6.07. The van der Waals surface area contributed by atoms with E-state index in [0.717, 1.165) is 43.9 Å². The van der Waals surface area contributed by atoms with Gasteiger partial charge < -0.3 is 15.4 Å². The highest BCUT2D eigenvalue weighted by atomic mass is 16.5. The summed E-state index contributed by atoms with van der Waals surface area (Å²) in [6.07, 6.45) is 6.78. The van der Waals surface area contributed by atoms with Crippen LogP contribution in [0.15, 0.2) is 30.7 Å². The maximum absolute atomic E-state index is 6.07. The van der Waals surface area contributed by atoms with Crippen LogP contribution in [0.25, 0.3) is 0 Å². The molecule has 2 N–H and O–H groups in total. The van der Waals surface area contributed by atoms with Crippen LogP contribution in [0.5, 0.6) is 5.75 Å². The number of ether oxygens (including phenoxy) is 1. The Labute approximate surface area is 137 Å². The minimum absolute atomic E-state index is 0.250. The molecule has 1 fully saturated rings. The molecule has 23 heavy (non-hydrogen) atoms. The van der Waals surface area contributed by atoms with Crippen molar-refractivity contribution < 1.29 is 4.74 Å². The molecule has 1 saturated heterocycles. The number of hydrogen-bond donors (Lipinski definition) is 2. The molecule has 0 unspecified atom stereocenters. The Balaban J connectivity index is 1.58. The Hall–Kier alpha value is -1.92. The monoisotopic (exact) mass is 315 g/mol. The van der Waals surface area contributed by atoms with Gasteiger partial charge in [0.15, 0.2) is 0 Å². The van der Waals surface area contributed by atoms with E-state index < -0.39 is 0 Å². The van der Waals surface area contributed by atoms with Gasteiger partial charge in [0.25, 0.3) is 0 Å². The number of hydrogen-bond acceptors (Lipinski definition) is 5. The molecule has 1 aliphatic heterocycles. The van der Waals surface area contributed by atoms with Crippen molar-refractivity contribution in [1.29, 1.82) is 0 Å². The van der Waals surface area contributed by atoms with Crippen molar-refractivity contribution in [3.05, 3.63) is 42.0 Å². The fourth-order valence-electron chi connectivity index (χ4n) is 2.84. The molecular weight excluding hydrogens is 290 g/mol. The molecule has 3 rings (SSSR count). The topological polar surface area (TPSA) is 64.0 Å². The lowest BCUT2D eigenvalue weighted by atomic mass is 10.2. The lowest BCUT2D eigenvalue weighted by Gasteiger charge is -2.16. The van der Waals surface area contributed by atoms with E-state index in [9.17, 15) is 0 Å². The van der Waals surface area contributed by atoms with Gasteiger partial charge in [-0.05, 0) is 38.9 Å². The maximum Gasteiger partial charge on any atom is 0.142 e. The van der Waals surface area contributed by atoms with Gasteiger partial charge in [-0.1, -0.05) is 0 Å². The highest BCUT2D eigenvalue weighted by Crippen LogP contribution is 2.20. The predicted molar refractivity (Wildman–Crippen MR) is 89.3 cm³/mol. The van der Waals surface area contributed by atoms with E-state index in [-0.39, 0.29) is 6.10 Å². The summed E-state index contributed by atoms with van der Waals surface area (Å²) in [6.45, 7) is 7.75. The summed E-state index contributed by atoms with van der Waals surface area (Å²) in [5.41, 5.74) is 2.33. The largest absolute Gasteiger partial charge is 0.487 e. The zero-order valence-electron chi connectivity index (χ0n) is 13.8. The fraction of sp³-hybridized carbons (Fsp3) is 0.529. The van der Waals surface area contributed by atoms with Crippen LogP contribution in [0.1, 0.15) is 37.6 Å². The van der Waals surface area contributed by atoms with Crippen LogP contribution in [0.4, 0.5) is 0 Å². The van der Waals surface area contributed by atoms with Crippen LogP contribution in [0.2, 0.25) is 0 Å². The quantitative estimate of drug-likeness (QED) is 0.817. The number of nitrogens with zero attached hydrogens (tertiary/aromatic N) is 3. The van der Waals surface area contributed by atoms with Gasteiger partial charge in [0, 0.05) is 43.6 Å². The SMILES string of the molecule is CC(C)n1nccc1CNCc1ccncc1O[C@H]1CCNC1. The van der Waals surface area contributed by atoms with E-state index >= 15 is 0 Å². The third kappa shape index (κ3) is 4.09. The molecule has 0 bridgehead atoms. The minimum atomic E-state index is 0.250. The molecule has 6 nitrogen and oxygen atoms in total. The van der Waals surface area contributed by atoms with Gasteiger partial charge in [-0.25, -0.2) is 0 Å². The molecule has 0 saturated carbocycles. The predicted octanol–water partition coefficient (Wildman–Crippen LogP) is 1.89. The Morgan fingerprint density at radius 1 is 1.35 bits per heavy atom. The number of rotatable bonds is 7. The molecule has 0 amide bonds. The van der Waals surface area contributed by atoms with Gasteiger partial charge in [0.2, 0.25) is 0 Å². The van der Waals surface area contributed by atoms with Crippen LogP contribution >= 0.6 is 0 Å². The van der Waals surface area contributed by atoms with Gasteiger partial charge in [0.05, 0.1) is 11.9 Å². The van der Waals surface area contributed by atoms with E-state index in [2.05, 4.69) is 40.6 Å². The molecular formula is C17H25N5O. The van der Waals surface area contributed by atoms with E-state index in [1.54, 1.807) is 0 Å². The minimum Gasteiger partial charge on any atom is -0.487 e. The second kappa shape index (κ2) is 7.57. The Morgan fingerprint density at radius 2 is 2.26 bits per heavy atom. The number of aromatic nitrogens is 3. The fourth-order valence-corrected chi connectivity index (χ4v) is 2.84. The molecule has 0 aliphatic carbocycles. The lowest BCUT2D eigenvalue weighted by molar-refractivity contribution is 0.219. The van der Waals surface area contributed by atoms with E-state index in [0.29, 0.717) is 6.04 Å². The first-order chi connectivity index (χ1) is 11.2. The summed E-state index contributed by atoms with van der Waals surface area (Å²) in [7, 11) is 0. The standard InChI is InChI=1S/C17H25N5O/c1-13(2)22-15(4-8-21-22)10-20-9-14-3-6-19-12-17(14)23-16-5-7-18-11-16/h3-4,6,8,12-13,16,18,20H,5,7,9-11H2,1-2H3/t16-/m0/s1. The highest BCUT2D eigenvalue weighted by molar-refractivity contribution is 5.30. The summed E-state index contributed by atoms with van der Waals surface area (Å²) in [5.74, 6) is 0.881. The Morgan fingerprint density at radius 3 is 3.04 bits per heavy atom. The molecule has 124 valence electrons.